The van der Waals surface area contributed by atoms with Crippen molar-refractivity contribution in [3.63, 3.8) is 0 Å². The van der Waals surface area contributed by atoms with Crippen LogP contribution in [0.1, 0.15) is 92.4 Å². The molecule has 0 aliphatic heterocycles. The van der Waals surface area contributed by atoms with Gasteiger partial charge in [-0.1, -0.05) is 58.4 Å². The molecule has 158 valence electrons. The van der Waals surface area contributed by atoms with Crippen molar-refractivity contribution >= 4 is 0 Å². The molecule has 0 saturated heterocycles. The van der Waals surface area contributed by atoms with Crippen LogP contribution in [0.3, 0.4) is 0 Å². The Kier molecular flexibility index (Phi) is 5.62. The molecule has 4 aliphatic carbocycles. The highest BCUT2D eigenvalue weighted by Gasteiger charge is 2.57. The number of fused-ring (bicyclic) bond motifs is 5. The van der Waals surface area contributed by atoms with Crippen molar-refractivity contribution in [1.82, 2.24) is 0 Å². The van der Waals surface area contributed by atoms with E-state index in [9.17, 15) is 5.11 Å². The van der Waals surface area contributed by atoms with Crippen molar-refractivity contribution in [3.05, 3.63) is 23.8 Å². The van der Waals surface area contributed by atoms with Gasteiger partial charge in [0.2, 0.25) is 0 Å². The molecule has 0 aromatic carbocycles. The minimum Gasteiger partial charge on any atom is -0.393 e. The number of hydrogen-bond donors (Lipinski definition) is 1. The van der Waals surface area contributed by atoms with Gasteiger partial charge in [-0.3, -0.25) is 0 Å². The van der Waals surface area contributed by atoms with Crippen LogP contribution in [0.5, 0.6) is 0 Å². The summed E-state index contributed by atoms with van der Waals surface area (Å²) in [6, 6.07) is 0. The summed E-state index contributed by atoms with van der Waals surface area (Å²) >= 11 is 0. The predicted octanol–water partition coefficient (Wildman–Crippen LogP) is 7.16. The third-order valence-electron chi connectivity index (χ3n) is 9.81. The van der Waals surface area contributed by atoms with Crippen LogP contribution in [-0.2, 0) is 0 Å². The molecule has 1 N–H and O–H groups in total. The minimum atomic E-state index is -0.0452. The number of rotatable bonds is 4. The van der Waals surface area contributed by atoms with E-state index in [1.807, 2.05) is 5.57 Å². The zero-order valence-corrected chi connectivity index (χ0v) is 19.1. The maximum atomic E-state index is 10.2. The van der Waals surface area contributed by atoms with Gasteiger partial charge >= 0.3 is 0 Å². The summed E-state index contributed by atoms with van der Waals surface area (Å²) in [6.45, 7) is 12.3. The van der Waals surface area contributed by atoms with E-state index < -0.39 is 0 Å². The van der Waals surface area contributed by atoms with E-state index in [1.54, 1.807) is 0 Å². The summed E-state index contributed by atoms with van der Waals surface area (Å²) < 4.78 is 0. The Labute approximate surface area is 174 Å². The lowest BCUT2D eigenvalue weighted by molar-refractivity contribution is -0.0414. The average molecular weight is 385 g/mol. The van der Waals surface area contributed by atoms with Gasteiger partial charge in [-0.25, -0.2) is 0 Å². The van der Waals surface area contributed by atoms with Gasteiger partial charge in [-0.2, -0.15) is 0 Å². The maximum Gasteiger partial charge on any atom is 0.0543 e. The molecule has 0 radical (unpaired) electrons. The zero-order chi connectivity index (χ0) is 20.1. The standard InChI is InChI=1S/C27H44O/c1-18(2)7-6-8-19(3)23-11-12-24-22-10-9-20-17-21(28)13-15-26(20,4)25(22)14-16-27(23,24)5/h6,8,10,18-21,23-25,28H,7,9,11-17H2,1-5H3/t19-,20?,21+,23-,24+,25+,26+,27-/m1/s1. The number of aliphatic hydroxyl groups excluding tert-OH is 1. The molecule has 1 nitrogen and oxygen atoms in total. The van der Waals surface area contributed by atoms with E-state index in [0.29, 0.717) is 22.7 Å². The second-order valence-electron chi connectivity index (χ2n) is 11.8. The van der Waals surface area contributed by atoms with Crippen LogP contribution in [0, 0.1) is 46.3 Å². The Morgan fingerprint density at radius 2 is 1.75 bits per heavy atom. The smallest absolute Gasteiger partial charge is 0.0543 e. The van der Waals surface area contributed by atoms with Crippen LogP contribution in [0.4, 0.5) is 0 Å². The van der Waals surface area contributed by atoms with Gasteiger partial charge in [0.1, 0.15) is 0 Å². The van der Waals surface area contributed by atoms with Gasteiger partial charge in [-0.15, -0.1) is 0 Å². The molecule has 0 bridgehead atoms. The van der Waals surface area contributed by atoms with E-state index in [1.165, 1.54) is 44.9 Å². The highest BCUT2D eigenvalue weighted by atomic mass is 16.3. The number of aliphatic hydroxyl groups is 1. The molecule has 0 spiro atoms. The van der Waals surface area contributed by atoms with E-state index in [4.69, 9.17) is 0 Å². The Morgan fingerprint density at radius 1 is 1.04 bits per heavy atom. The first-order valence-electron chi connectivity index (χ1n) is 12.3. The molecule has 8 atom stereocenters. The SMILES string of the molecule is CC(C)CC=C[C@@H](C)[C@H]1CC[C@H]2C3=CCC4C[C@@H](O)CC[C@]4(C)[C@H]3CC[C@]12C. The van der Waals surface area contributed by atoms with Crippen molar-refractivity contribution < 1.29 is 5.11 Å². The fraction of sp³-hybridized carbons (Fsp3) is 0.852. The van der Waals surface area contributed by atoms with Crippen molar-refractivity contribution in [1.29, 1.82) is 0 Å². The molecule has 4 rings (SSSR count). The summed E-state index contributed by atoms with van der Waals surface area (Å²) in [5.41, 5.74) is 2.80. The van der Waals surface area contributed by atoms with Gasteiger partial charge in [0.15, 0.2) is 0 Å². The van der Waals surface area contributed by atoms with Gasteiger partial charge in [-0.05, 0) is 104 Å². The first-order chi connectivity index (χ1) is 13.3. The first kappa shape index (κ1) is 20.7. The molecule has 28 heavy (non-hydrogen) atoms. The first-order valence-corrected chi connectivity index (χ1v) is 12.3. The summed E-state index contributed by atoms with van der Waals surface area (Å²) in [5.74, 6) is 4.65. The third-order valence-corrected chi connectivity index (χ3v) is 9.81. The topological polar surface area (TPSA) is 20.2 Å². The van der Waals surface area contributed by atoms with Crippen molar-refractivity contribution in [2.75, 3.05) is 0 Å². The minimum absolute atomic E-state index is 0.0452. The summed E-state index contributed by atoms with van der Waals surface area (Å²) in [5, 5.41) is 10.2. The quantitative estimate of drug-likeness (QED) is 0.510. The van der Waals surface area contributed by atoms with Gasteiger partial charge < -0.3 is 5.11 Å². The highest BCUT2D eigenvalue weighted by Crippen LogP contribution is 2.66. The van der Waals surface area contributed by atoms with Crippen LogP contribution in [-0.4, -0.2) is 11.2 Å². The average Bonchev–Trinajstić information content (AvgIpc) is 2.99. The Balaban J connectivity index is 1.54. The van der Waals surface area contributed by atoms with E-state index >= 15 is 0 Å². The molecule has 4 aliphatic rings. The molecule has 3 fully saturated rings. The predicted molar refractivity (Wildman–Crippen MR) is 119 cm³/mol. The largest absolute Gasteiger partial charge is 0.393 e. The lowest BCUT2D eigenvalue weighted by atomic mass is 9.47. The van der Waals surface area contributed by atoms with E-state index in [2.05, 4.69) is 52.8 Å². The van der Waals surface area contributed by atoms with Crippen LogP contribution in [0.2, 0.25) is 0 Å². The molecule has 0 heterocycles. The lowest BCUT2D eigenvalue weighted by Gasteiger charge is -2.57. The Bertz CT molecular complexity index is 630. The molecular weight excluding hydrogens is 340 g/mol. The molecule has 0 aromatic rings. The highest BCUT2D eigenvalue weighted by molar-refractivity contribution is 5.28. The second-order valence-corrected chi connectivity index (χ2v) is 11.8. The van der Waals surface area contributed by atoms with Gasteiger partial charge in [0.05, 0.1) is 6.10 Å². The molecule has 0 aromatic heterocycles. The van der Waals surface area contributed by atoms with Crippen molar-refractivity contribution in [2.24, 2.45) is 46.3 Å². The Morgan fingerprint density at radius 3 is 2.50 bits per heavy atom. The molecule has 3 saturated carbocycles. The summed E-state index contributed by atoms with van der Waals surface area (Å²) in [4.78, 5) is 0. The maximum absolute atomic E-state index is 10.2. The van der Waals surface area contributed by atoms with E-state index in [0.717, 1.165) is 36.5 Å². The number of hydrogen-bond acceptors (Lipinski definition) is 1. The van der Waals surface area contributed by atoms with Crippen LogP contribution in [0.15, 0.2) is 23.8 Å². The monoisotopic (exact) mass is 384 g/mol. The van der Waals surface area contributed by atoms with E-state index in [-0.39, 0.29) is 6.10 Å². The molecule has 1 unspecified atom stereocenters. The van der Waals surface area contributed by atoms with Crippen LogP contribution in [0.25, 0.3) is 0 Å². The second kappa shape index (κ2) is 7.60. The number of allylic oxidation sites excluding steroid dienone is 4. The van der Waals surface area contributed by atoms with Crippen LogP contribution >= 0.6 is 0 Å². The summed E-state index contributed by atoms with van der Waals surface area (Å²) in [7, 11) is 0. The summed E-state index contributed by atoms with van der Waals surface area (Å²) in [6.07, 6.45) is 19.0. The Hall–Kier alpha value is -0.560. The van der Waals surface area contributed by atoms with Crippen LogP contribution < -0.4 is 0 Å². The van der Waals surface area contributed by atoms with Gasteiger partial charge in [0, 0.05) is 0 Å². The van der Waals surface area contributed by atoms with Crippen molar-refractivity contribution in [3.8, 4) is 0 Å². The third kappa shape index (κ3) is 3.34. The van der Waals surface area contributed by atoms with Gasteiger partial charge in [0.25, 0.3) is 0 Å². The zero-order valence-electron chi connectivity index (χ0n) is 19.1. The fourth-order valence-electron chi connectivity index (χ4n) is 8.09. The normalized spacial score (nSPS) is 46.8. The molecule has 0 amide bonds. The molecular formula is C27H44O. The lowest BCUT2D eigenvalue weighted by Crippen LogP contribution is -2.49. The molecule has 1 heteroatoms. The fourth-order valence-corrected chi connectivity index (χ4v) is 8.09. The van der Waals surface area contributed by atoms with Crippen molar-refractivity contribution in [2.45, 2.75) is 98.5 Å².